The van der Waals surface area contributed by atoms with Crippen molar-refractivity contribution >= 4 is 17.7 Å². The van der Waals surface area contributed by atoms with E-state index in [1.165, 1.54) is 11.8 Å². The van der Waals surface area contributed by atoms with E-state index in [1.54, 1.807) is 0 Å². The zero-order chi connectivity index (χ0) is 15.5. The van der Waals surface area contributed by atoms with Gasteiger partial charge in [0, 0.05) is 18.0 Å². The van der Waals surface area contributed by atoms with Gasteiger partial charge in [0.05, 0.1) is 6.61 Å². The third kappa shape index (κ3) is 2.88. The van der Waals surface area contributed by atoms with Gasteiger partial charge in [-0.2, -0.15) is 0 Å². The summed E-state index contributed by atoms with van der Waals surface area (Å²) in [6.07, 6.45) is 1.71. The number of carbonyl (C=O) groups excluding carboxylic acids is 1. The molecule has 2 heterocycles. The van der Waals surface area contributed by atoms with Crippen LogP contribution < -0.4 is 0 Å². The van der Waals surface area contributed by atoms with Crippen LogP contribution in [0.4, 0.5) is 0 Å². The first-order chi connectivity index (χ1) is 10.7. The SMILES string of the molecule is CC[C@@H](C)n1c(S[C@@H]2CCOC2=O)nnc1-c1ccccc1. The molecule has 1 fully saturated rings. The molecular formula is C16H19N3O2S. The lowest BCUT2D eigenvalue weighted by atomic mass is 10.2. The third-order valence-corrected chi connectivity index (χ3v) is 5.06. The van der Waals surface area contributed by atoms with Crippen LogP contribution in [0.2, 0.25) is 0 Å². The van der Waals surface area contributed by atoms with Gasteiger partial charge in [-0.25, -0.2) is 0 Å². The Hall–Kier alpha value is -1.82. The summed E-state index contributed by atoms with van der Waals surface area (Å²) >= 11 is 1.46. The van der Waals surface area contributed by atoms with Crippen LogP contribution in [0.15, 0.2) is 35.5 Å². The topological polar surface area (TPSA) is 57.0 Å². The molecule has 0 N–H and O–H groups in total. The molecule has 0 amide bonds. The molecule has 2 aromatic rings. The van der Waals surface area contributed by atoms with Crippen molar-refractivity contribution in [2.45, 2.75) is 43.1 Å². The number of aromatic nitrogens is 3. The summed E-state index contributed by atoms with van der Waals surface area (Å²) in [5.74, 6) is 0.703. The fourth-order valence-electron chi connectivity index (χ4n) is 2.43. The number of ether oxygens (including phenoxy) is 1. The minimum Gasteiger partial charge on any atom is -0.465 e. The number of hydrogen-bond acceptors (Lipinski definition) is 5. The first-order valence-electron chi connectivity index (χ1n) is 7.54. The maximum atomic E-state index is 11.7. The highest BCUT2D eigenvalue weighted by Gasteiger charge is 2.30. The molecule has 22 heavy (non-hydrogen) atoms. The molecule has 6 heteroatoms. The minimum absolute atomic E-state index is 0.148. The molecule has 0 unspecified atom stereocenters. The summed E-state index contributed by atoms with van der Waals surface area (Å²) in [6.45, 7) is 4.78. The molecule has 116 valence electrons. The van der Waals surface area contributed by atoms with E-state index in [2.05, 4.69) is 28.6 Å². The number of nitrogens with zero attached hydrogens (tertiary/aromatic N) is 3. The first-order valence-corrected chi connectivity index (χ1v) is 8.42. The van der Waals surface area contributed by atoms with Gasteiger partial charge in [0.25, 0.3) is 0 Å². The van der Waals surface area contributed by atoms with Crippen LogP contribution in [0, 0.1) is 0 Å². The normalized spacial score (nSPS) is 19.2. The van der Waals surface area contributed by atoms with Gasteiger partial charge < -0.3 is 4.74 Å². The Bertz CT molecular complexity index is 657. The van der Waals surface area contributed by atoms with Crippen LogP contribution in [0.1, 0.15) is 32.7 Å². The number of esters is 1. The number of hydrogen-bond donors (Lipinski definition) is 0. The third-order valence-electron chi connectivity index (χ3n) is 3.86. The Labute approximate surface area is 134 Å². The van der Waals surface area contributed by atoms with Crippen molar-refractivity contribution in [1.82, 2.24) is 14.8 Å². The van der Waals surface area contributed by atoms with Crippen molar-refractivity contribution < 1.29 is 9.53 Å². The number of rotatable bonds is 5. The van der Waals surface area contributed by atoms with Crippen LogP contribution in [0.3, 0.4) is 0 Å². The average Bonchev–Trinajstić information content (AvgIpc) is 3.15. The van der Waals surface area contributed by atoms with Gasteiger partial charge in [0.2, 0.25) is 0 Å². The van der Waals surface area contributed by atoms with Crippen LogP contribution in [-0.4, -0.2) is 32.6 Å². The predicted octanol–water partition coefficient (Wildman–Crippen LogP) is 3.32. The van der Waals surface area contributed by atoms with E-state index in [-0.39, 0.29) is 17.3 Å². The van der Waals surface area contributed by atoms with Crippen LogP contribution >= 0.6 is 11.8 Å². The second kappa shape index (κ2) is 6.52. The molecule has 1 aliphatic rings. The molecule has 0 spiro atoms. The zero-order valence-corrected chi connectivity index (χ0v) is 13.5. The number of cyclic esters (lactones) is 1. The first kappa shape index (κ1) is 15.1. The molecule has 0 radical (unpaired) electrons. The summed E-state index contributed by atoms with van der Waals surface area (Å²) in [7, 11) is 0. The molecule has 1 aliphatic heterocycles. The lowest BCUT2D eigenvalue weighted by Gasteiger charge is -2.17. The Morgan fingerprint density at radius 2 is 2.14 bits per heavy atom. The summed E-state index contributed by atoms with van der Waals surface area (Å²) in [4.78, 5) is 11.7. The molecule has 0 aliphatic carbocycles. The van der Waals surface area contributed by atoms with Crippen LogP contribution in [0.25, 0.3) is 11.4 Å². The van der Waals surface area contributed by atoms with E-state index in [1.807, 2.05) is 30.3 Å². The van der Waals surface area contributed by atoms with Crippen LogP contribution in [0.5, 0.6) is 0 Å². The lowest BCUT2D eigenvalue weighted by molar-refractivity contribution is -0.137. The second-order valence-electron chi connectivity index (χ2n) is 5.36. The van der Waals surface area contributed by atoms with E-state index in [0.29, 0.717) is 6.61 Å². The van der Waals surface area contributed by atoms with E-state index in [4.69, 9.17) is 4.74 Å². The van der Waals surface area contributed by atoms with Gasteiger partial charge in [0.1, 0.15) is 5.25 Å². The summed E-state index contributed by atoms with van der Waals surface area (Å²) in [5, 5.41) is 9.31. The van der Waals surface area contributed by atoms with Crippen molar-refractivity contribution in [2.75, 3.05) is 6.61 Å². The Morgan fingerprint density at radius 1 is 1.36 bits per heavy atom. The van der Waals surface area contributed by atoms with Gasteiger partial charge in [-0.1, -0.05) is 49.0 Å². The van der Waals surface area contributed by atoms with Gasteiger partial charge in [-0.15, -0.1) is 10.2 Å². The Morgan fingerprint density at radius 3 is 2.77 bits per heavy atom. The predicted molar refractivity (Wildman–Crippen MR) is 85.7 cm³/mol. The molecule has 0 bridgehead atoms. The maximum Gasteiger partial charge on any atom is 0.319 e. The molecular weight excluding hydrogens is 298 g/mol. The fraction of sp³-hybridized carbons (Fsp3) is 0.438. The number of benzene rings is 1. The molecule has 0 saturated carbocycles. The van der Waals surface area contributed by atoms with E-state index in [9.17, 15) is 4.79 Å². The fourth-order valence-corrected chi connectivity index (χ4v) is 3.53. The highest BCUT2D eigenvalue weighted by Crippen LogP contribution is 2.33. The van der Waals surface area contributed by atoms with Gasteiger partial charge in [-0.3, -0.25) is 9.36 Å². The highest BCUT2D eigenvalue weighted by molar-refractivity contribution is 8.00. The van der Waals surface area contributed by atoms with Gasteiger partial charge >= 0.3 is 5.97 Å². The second-order valence-corrected chi connectivity index (χ2v) is 6.53. The highest BCUT2D eigenvalue weighted by atomic mass is 32.2. The smallest absolute Gasteiger partial charge is 0.319 e. The average molecular weight is 317 g/mol. The molecule has 2 atom stereocenters. The zero-order valence-electron chi connectivity index (χ0n) is 12.7. The molecule has 3 rings (SSSR count). The summed E-state index contributed by atoms with van der Waals surface area (Å²) in [5.41, 5.74) is 1.04. The van der Waals surface area contributed by atoms with Crippen molar-refractivity contribution in [2.24, 2.45) is 0 Å². The van der Waals surface area contributed by atoms with Crippen molar-refractivity contribution in [3.8, 4) is 11.4 Å². The minimum atomic E-state index is -0.171. The lowest BCUT2D eigenvalue weighted by Crippen LogP contribution is -2.13. The largest absolute Gasteiger partial charge is 0.465 e. The van der Waals surface area contributed by atoms with Crippen LogP contribution in [-0.2, 0) is 9.53 Å². The summed E-state index contributed by atoms with van der Waals surface area (Å²) < 4.78 is 7.17. The Balaban J connectivity index is 1.96. The monoisotopic (exact) mass is 317 g/mol. The Kier molecular flexibility index (Phi) is 4.47. The molecule has 1 saturated heterocycles. The standard InChI is InChI=1S/C16H19N3O2S/c1-3-11(2)19-14(12-7-5-4-6-8-12)17-18-16(19)22-13-9-10-21-15(13)20/h4-8,11,13H,3,9-10H2,1-2H3/t11-,13-/m1/s1. The number of carbonyl (C=O) groups is 1. The van der Waals surface area contributed by atoms with Crippen molar-refractivity contribution in [1.29, 1.82) is 0 Å². The van der Waals surface area contributed by atoms with E-state index >= 15 is 0 Å². The van der Waals surface area contributed by atoms with Crippen molar-refractivity contribution in [3.05, 3.63) is 30.3 Å². The van der Waals surface area contributed by atoms with Gasteiger partial charge in [0.15, 0.2) is 11.0 Å². The summed E-state index contributed by atoms with van der Waals surface area (Å²) in [6, 6.07) is 10.3. The molecule has 5 nitrogen and oxygen atoms in total. The van der Waals surface area contributed by atoms with E-state index < -0.39 is 0 Å². The molecule has 1 aromatic carbocycles. The maximum absolute atomic E-state index is 11.7. The number of thioether (sulfide) groups is 1. The van der Waals surface area contributed by atoms with Crippen molar-refractivity contribution in [3.63, 3.8) is 0 Å². The molecule has 1 aromatic heterocycles. The van der Waals surface area contributed by atoms with E-state index in [0.717, 1.165) is 29.4 Å². The quantitative estimate of drug-likeness (QED) is 0.792. The van der Waals surface area contributed by atoms with Gasteiger partial charge in [-0.05, 0) is 13.3 Å².